The van der Waals surface area contributed by atoms with E-state index in [0.29, 0.717) is 24.3 Å². The van der Waals surface area contributed by atoms with Gasteiger partial charge in [0.25, 0.3) is 0 Å². The second-order valence-electron chi connectivity index (χ2n) is 4.60. The molecule has 21 heavy (non-hydrogen) atoms. The first kappa shape index (κ1) is 14.8. The van der Waals surface area contributed by atoms with Gasteiger partial charge < -0.3 is 10.2 Å². The fourth-order valence-electron chi connectivity index (χ4n) is 2.27. The molecule has 2 aromatic rings. The Hall–Kier alpha value is -2.61. The smallest absolute Gasteiger partial charge is 0.241 e. The molecule has 5 heteroatoms. The molecule has 0 saturated heterocycles. The fraction of sp³-hybridized carbons (Fsp3) is 0.312. The van der Waals surface area contributed by atoms with Gasteiger partial charge in [-0.25, -0.2) is 0 Å². The lowest BCUT2D eigenvalue weighted by molar-refractivity contribution is -0.128. The van der Waals surface area contributed by atoms with Crippen LogP contribution in [-0.4, -0.2) is 35.4 Å². The van der Waals surface area contributed by atoms with Gasteiger partial charge in [-0.1, -0.05) is 18.2 Å². The number of carbonyl (C=O) groups excluding carboxylic acids is 1. The summed E-state index contributed by atoms with van der Waals surface area (Å²) in [6.45, 7) is 5.43. The van der Waals surface area contributed by atoms with Crippen LogP contribution in [-0.2, 0) is 4.79 Å². The number of nitrogens with zero attached hydrogens (tertiary/aromatic N) is 3. The van der Waals surface area contributed by atoms with Crippen LogP contribution in [0.5, 0.6) is 0 Å². The first-order valence-electron chi connectivity index (χ1n) is 7.00. The molecule has 0 atom stereocenters. The van der Waals surface area contributed by atoms with Gasteiger partial charge in [-0.15, -0.1) is 0 Å². The monoisotopic (exact) mass is 282 g/mol. The topological polar surface area (TPSA) is 69.0 Å². The molecule has 5 nitrogen and oxygen atoms in total. The number of fused-ring (bicyclic) bond motifs is 1. The zero-order valence-corrected chi connectivity index (χ0v) is 12.3. The highest BCUT2D eigenvalue weighted by Crippen LogP contribution is 2.25. The molecule has 1 aromatic heterocycles. The molecule has 1 aromatic carbocycles. The number of anilines is 1. The molecule has 2 rings (SSSR count). The van der Waals surface area contributed by atoms with Crippen LogP contribution in [0.25, 0.3) is 10.9 Å². The van der Waals surface area contributed by atoms with Crippen LogP contribution in [0, 0.1) is 11.3 Å². The summed E-state index contributed by atoms with van der Waals surface area (Å²) in [6, 6.07) is 9.68. The van der Waals surface area contributed by atoms with Crippen LogP contribution < -0.4 is 5.32 Å². The van der Waals surface area contributed by atoms with Crippen LogP contribution in [0.3, 0.4) is 0 Å². The van der Waals surface area contributed by atoms with Gasteiger partial charge in [0.1, 0.15) is 6.07 Å². The third kappa shape index (κ3) is 3.11. The van der Waals surface area contributed by atoms with Gasteiger partial charge >= 0.3 is 0 Å². The molecular weight excluding hydrogens is 264 g/mol. The van der Waals surface area contributed by atoms with Gasteiger partial charge in [0.15, 0.2) is 0 Å². The summed E-state index contributed by atoms with van der Waals surface area (Å²) < 4.78 is 0. The Morgan fingerprint density at radius 1 is 1.33 bits per heavy atom. The first-order valence-corrected chi connectivity index (χ1v) is 7.00. The van der Waals surface area contributed by atoms with Crippen LogP contribution in [0.15, 0.2) is 30.5 Å². The van der Waals surface area contributed by atoms with Crippen LogP contribution in [0.4, 0.5) is 5.69 Å². The number of nitriles is 1. The zero-order valence-electron chi connectivity index (χ0n) is 12.3. The molecule has 0 saturated carbocycles. The molecule has 0 spiro atoms. The van der Waals surface area contributed by atoms with E-state index in [1.165, 1.54) is 6.20 Å². The van der Waals surface area contributed by atoms with E-state index in [9.17, 15) is 10.1 Å². The van der Waals surface area contributed by atoms with Gasteiger partial charge in [0, 0.05) is 24.7 Å². The second-order valence-corrected chi connectivity index (χ2v) is 4.60. The Balaban J connectivity index is 2.29. The van der Waals surface area contributed by atoms with Gasteiger partial charge in [-0.2, -0.15) is 5.26 Å². The van der Waals surface area contributed by atoms with Gasteiger partial charge in [-0.05, 0) is 19.9 Å². The maximum Gasteiger partial charge on any atom is 0.241 e. The SMILES string of the molecule is CCN(CC)C(=O)CNc1c(C#N)cnc2ccccc12. The molecular formula is C16H18N4O. The molecule has 108 valence electrons. The van der Waals surface area contributed by atoms with E-state index in [1.54, 1.807) is 4.90 Å². The molecule has 0 aliphatic heterocycles. The number of aromatic nitrogens is 1. The normalized spacial score (nSPS) is 10.1. The Kier molecular flexibility index (Phi) is 4.72. The average Bonchev–Trinajstić information content (AvgIpc) is 2.53. The molecule has 0 unspecified atom stereocenters. The minimum absolute atomic E-state index is 0.0183. The highest BCUT2D eigenvalue weighted by molar-refractivity contribution is 5.95. The predicted octanol–water partition coefficient (Wildman–Crippen LogP) is 2.39. The van der Waals surface area contributed by atoms with E-state index in [-0.39, 0.29) is 12.5 Å². The standard InChI is InChI=1S/C16H18N4O/c1-3-20(4-2)15(21)11-19-16-12(9-17)10-18-14-8-6-5-7-13(14)16/h5-8,10H,3-4,11H2,1-2H3,(H,18,19). The van der Waals surface area contributed by atoms with Crippen molar-refractivity contribution < 1.29 is 4.79 Å². The Bertz CT molecular complexity index is 686. The summed E-state index contributed by atoms with van der Waals surface area (Å²) in [5.41, 5.74) is 1.92. The van der Waals surface area contributed by atoms with Crippen LogP contribution in [0.2, 0.25) is 0 Å². The number of rotatable bonds is 5. The van der Waals surface area contributed by atoms with Crippen LogP contribution >= 0.6 is 0 Å². The lowest BCUT2D eigenvalue weighted by Gasteiger charge is -2.19. The number of carbonyl (C=O) groups is 1. The van der Waals surface area contributed by atoms with E-state index in [1.807, 2.05) is 38.1 Å². The van der Waals surface area contributed by atoms with Crippen molar-refractivity contribution >= 4 is 22.5 Å². The van der Waals surface area contributed by atoms with E-state index < -0.39 is 0 Å². The number of amides is 1. The number of pyridine rings is 1. The van der Waals surface area contributed by atoms with Gasteiger partial charge in [0.05, 0.1) is 23.3 Å². The molecule has 1 N–H and O–H groups in total. The lowest BCUT2D eigenvalue weighted by atomic mass is 10.1. The molecule has 0 aliphatic rings. The minimum Gasteiger partial charge on any atom is -0.374 e. The fourth-order valence-corrected chi connectivity index (χ4v) is 2.27. The molecule has 0 fully saturated rings. The van der Waals surface area contributed by atoms with E-state index in [2.05, 4.69) is 16.4 Å². The first-order chi connectivity index (χ1) is 10.2. The maximum atomic E-state index is 12.1. The quantitative estimate of drug-likeness (QED) is 0.914. The van der Waals surface area contributed by atoms with E-state index in [0.717, 1.165) is 10.9 Å². The highest BCUT2D eigenvalue weighted by atomic mass is 16.2. The molecule has 1 amide bonds. The molecule has 0 radical (unpaired) electrons. The third-order valence-electron chi connectivity index (χ3n) is 3.43. The summed E-state index contributed by atoms with van der Waals surface area (Å²) in [6.07, 6.45) is 1.53. The Labute approximate surface area is 124 Å². The molecule has 0 bridgehead atoms. The van der Waals surface area contributed by atoms with Gasteiger partial charge in [0.2, 0.25) is 5.91 Å². The predicted molar refractivity (Wildman–Crippen MR) is 82.9 cm³/mol. The van der Waals surface area contributed by atoms with E-state index in [4.69, 9.17) is 0 Å². The number of para-hydroxylation sites is 1. The minimum atomic E-state index is 0.0183. The second kappa shape index (κ2) is 6.71. The van der Waals surface area contributed by atoms with Crippen LogP contribution in [0.1, 0.15) is 19.4 Å². The zero-order chi connectivity index (χ0) is 15.2. The summed E-state index contributed by atoms with van der Waals surface area (Å²) in [5.74, 6) is 0.0183. The van der Waals surface area contributed by atoms with Crippen molar-refractivity contribution in [1.29, 1.82) is 5.26 Å². The van der Waals surface area contributed by atoms with Crippen molar-refractivity contribution in [1.82, 2.24) is 9.88 Å². The van der Waals surface area contributed by atoms with Crippen molar-refractivity contribution in [2.45, 2.75) is 13.8 Å². The van der Waals surface area contributed by atoms with Gasteiger partial charge in [-0.3, -0.25) is 9.78 Å². The van der Waals surface area contributed by atoms with Crippen molar-refractivity contribution in [3.63, 3.8) is 0 Å². The van der Waals surface area contributed by atoms with Crippen molar-refractivity contribution in [3.05, 3.63) is 36.0 Å². The van der Waals surface area contributed by atoms with Crippen molar-refractivity contribution in [2.75, 3.05) is 25.0 Å². The summed E-state index contributed by atoms with van der Waals surface area (Å²) in [5, 5.41) is 13.2. The van der Waals surface area contributed by atoms with Crippen molar-refractivity contribution in [3.8, 4) is 6.07 Å². The molecule has 0 aliphatic carbocycles. The van der Waals surface area contributed by atoms with Crippen molar-refractivity contribution in [2.24, 2.45) is 0 Å². The average molecular weight is 282 g/mol. The number of hydrogen-bond acceptors (Lipinski definition) is 4. The van der Waals surface area contributed by atoms with E-state index >= 15 is 0 Å². The largest absolute Gasteiger partial charge is 0.374 e. The highest BCUT2D eigenvalue weighted by Gasteiger charge is 2.12. The molecule has 1 heterocycles. The number of hydrogen-bond donors (Lipinski definition) is 1. The maximum absolute atomic E-state index is 12.1. The summed E-state index contributed by atoms with van der Waals surface area (Å²) in [7, 11) is 0. The number of nitrogens with one attached hydrogen (secondary N) is 1. The Morgan fingerprint density at radius 3 is 2.71 bits per heavy atom. The number of likely N-dealkylation sites (N-methyl/N-ethyl adjacent to an activating group) is 1. The lowest BCUT2D eigenvalue weighted by Crippen LogP contribution is -2.35. The number of benzene rings is 1. The summed E-state index contributed by atoms with van der Waals surface area (Å²) in [4.78, 5) is 18.1. The summed E-state index contributed by atoms with van der Waals surface area (Å²) >= 11 is 0. The Morgan fingerprint density at radius 2 is 2.05 bits per heavy atom. The third-order valence-corrected chi connectivity index (χ3v) is 3.43.